The Morgan fingerprint density at radius 1 is 1.13 bits per heavy atom. The number of amides is 3. The van der Waals surface area contributed by atoms with Gasteiger partial charge in [-0.2, -0.15) is 5.10 Å². The summed E-state index contributed by atoms with van der Waals surface area (Å²) in [4.78, 5) is 36.0. The van der Waals surface area contributed by atoms with Crippen LogP contribution < -0.4 is 16.0 Å². The predicted octanol–water partition coefficient (Wildman–Crippen LogP) is 3.68. The summed E-state index contributed by atoms with van der Waals surface area (Å²) in [5, 5.41) is 13.1. The van der Waals surface area contributed by atoms with Gasteiger partial charge in [-0.3, -0.25) is 14.4 Å². The molecule has 1 unspecified atom stereocenters. The number of fused-ring (bicyclic) bond motifs is 1. The average molecular weight is 424 g/mol. The lowest BCUT2D eigenvalue weighted by atomic mass is 10.1. The van der Waals surface area contributed by atoms with Gasteiger partial charge >= 0.3 is 0 Å². The molecule has 0 aliphatic carbocycles. The van der Waals surface area contributed by atoms with Gasteiger partial charge in [-0.15, -0.1) is 0 Å². The van der Waals surface area contributed by atoms with Crippen LogP contribution in [0.2, 0.25) is 5.02 Å². The Kier molecular flexibility index (Phi) is 5.24. The molecule has 0 radical (unpaired) electrons. The van der Waals surface area contributed by atoms with Gasteiger partial charge < -0.3 is 16.0 Å². The van der Waals surface area contributed by atoms with Crippen molar-refractivity contribution >= 4 is 46.5 Å². The number of hydrogen-bond acceptors (Lipinski definition) is 4. The molecule has 30 heavy (non-hydrogen) atoms. The monoisotopic (exact) mass is 423 g/mol. The molecule has 1 atom stereocenters. The molecule has 4 rings (SSSR count). The molecule has 0 saturated carbocycles. The van der Waals surface area contributed by atoms with E-state index in [9.17, 15) is 14.4 Å². The third-order valence-corrected chi connectivity index (χ3v) is 4.87. The minimum atomic E-state index is -0.744. The summed E-state index contributed by atoms with van der Waals surface area (Å²) in [5.74, 6) is -0.251. The first-order valence-corrected chi connectivity index (χ1v) is 9.60. The summed E-state index contributed by atoms with van der Waals surface area (Å²) < 4.78 is 1.53. The van der Waals surface area contributed by atoms with Crippen LogP contribution in [0.1, 0.15) is 19.4 Å². The Balaban J connectivity index is 1.47. The molecule has 1 aliphatic heterocycles. The first-order chi connectivity index (χ1) is 14.4. The second-order valence-electron chi connectivity index (χ2n) is 6.88. The number of benzene rings is 2. The Morgan fingerprint density at radius 2 is 1.83 bits per heavy atom. The number of carbonyl (C=O) groups excluding carboxylic acids is 3. The maximum Gasteiger partial charge on any atom is 0.251 e. The molecule has 3 aromatic rings. The van der Waals surface area contributed by atoms with E-state index in [0.29, 0.717) is 22.2 Å². The molecule has 3 amide bonds. The van der Waals surface area contributed by atoms with E-state index >= 15 is 0 Å². The summed E-state index contributed by atoms with van der Waals surface area (Å²) in [5.41, 5.74) is 2.76. The number of anilines is 3. The highest BCUT2D eigenvalue weighted by molar-refractivity contribution is 6.30. The molecule has 1 aliphatic rings. The van der Waals surface area contributed by atoms with Crippen molar-refractivity contribution in [3.05, 3.63) is 59.8 Å². The summed E-state index contributed by atoms with van der Waals surface area (Å²) >= 11 is 6.06. The van der Waals surface area contributed by atoms with Crippen LogP contribution in [-0.4, -0.2) is 27.5 Å². The molecule has 0 spiro atoms. The number of rotatable bonds is 5. The van der Waals surface area contributed by atoms with Gasteiger partial charge in [-0.1, -0.05) is 23.7 Å². The Hall–Kier alpha value is -3.65. The van der Waals surface area contributed by atoms with Crippen LogP contribution in [-0.2, 0) is 14.4 Å². The van der Waals surface area contributed by atoms with E-state index in [1.165, 1.54) is 11.6 Å². The van der Waals surface area contributed by atoms with Crippen LogP contribution in [0.3, 0.4) is 0 Å². The highest BCUT2D eigenvalue weighted by atomic mass is 35.5. The fourth-order valence-corrected chi connectivity index (χ4v) is 3.50. The van der Waals surface area contributed by atoms with E-state index in [1.807, 2.05) is 12.1 Å². The number of hydrogen-bond donors (Lipinski definition) is 3. The van der Waals surface area contributed by atoms with Gasteiger partial charge in [0, 0.05) is 28.9 Å². The fourth-order valence-electron chi connectivity index (χ4n) is 3.31. The topological polar surface area (TPSA) is 105 Å². The molecule has 9 heteroatoms. The third-order valence-electron chi connectivity index (χ3n) is 4.64. The van der Waals surface area contributed by atoms with Crippen molar-refractivity contribution in [1.29, 1.82) is 0 Å². The van der Waals surface area contributed by atoms with Crippen LogP contribution in [0.5, 0.6) is 0 Å². The van der Waals surface area contributed by atoms with E-state index < -0.39 is 6.04 Å². The van der Waals surface area contributed by atoms with Gasteiger partial charge in [0.25, 0.3) is 5.91 Å². The van der Waals surface area contributed by atoms with Crippen LogP contribution >= 0.6 is 11.6 Å². The van der Waals surface area contributed by atoms with Crippen molar-refractivity contribution in [1.82, 2.24) is 9.78 Å². The molecular weight excluding hydrogens is 406 g/mol. The van der Waals surface area contributed by atoms with Gasteiger partial charge in [0.2, 0.25) is 11.8 Å². The number of aromatic nitrogens is 2. The van der Waals surface area contributed by atoms with E-state index in [0.717, 1.165) is 11.1 Å². The zero-order valence-corrected chi connectivity index (χ0v) is 16.7. The van der Waals surface area contributed by atoms with Gasteiger partial charge in [-0.25, -0.2) is 4.68 Å². The van der Waals surface area contributed by atoms with Gasteiger partial charge in [0.15, 0.2) is 0 Å². The van der Waals surface area contributed by atoms with E-state index in [2.05, 4.69) is 21.0 Å². The Labute approximate surface area is 177 Å². The van der Waals surface area contributed by atoms with Crippen LogP contribution in [0.15, 0.2) is 54.7 Å². The number of nitrogens with one attached hydrogen (secondary N) is 3. The highest BCUT2D eigenvalue weighted by Crippen LogP contribution is 2.36. The van der Waals surface area contributed by atoms with Crippen molar-refractivity contribution < 1.29 is 14.4 Å². The van der Waals surface area contributed by atoms with Crippen LogP contribution in [0, 0.1) is 0 Å². The molecule has 0 fully saturated rings. The SMILES string of the molecule is CC(=O)Nc1ccc(NC(=O)CC2C(=O)Nc3c(-c4cccc(Cl)c4)cnn32)cc1. The van der Waals surface area contributed by atoms with Crippen molar-refractivity contribution in [3.63, 3.8) is 0 Å². The lowest BCUT2D eigenvalue weighted by Gasteiger charge is -2.10. The summed E-state index contributed by atoms with van der Waals surface area (Å²) in [6, 6.07) is 13.2. The lowest BCUT2D eigenvalue weighted by Crippen LogP contribution is -2.23. The molecular formula is C21H18ClN5O3. The summed E-state index contributed by atoms with van der Waals surface area (Å²) in [7, 11) is 0. The number of halogens is 1. The molecule has 2 aromatic carbocycles. The number of nitrogens with zero attached hydrogens (tertiary/aromatic N) is 2. The molecule has 152 valence electrons. The van der Waals surface area contributed by atoms with Crippen LogP contribution in [0.25, 0.3) is 11.1 Å². The molecule has 0 saturated heterocycles. The lowest BCUT2D eigenvalue weighted by molar-refractivity contribution is -0.123. The third kappa shape index (κ3) is 4.04. The molecule has 1 aromatic heterocycles. The highest BCUT2D eigenvalue weighted by Gasteiger charge is 2.35. The van der Waals surface area contributed by atoms with Crippen molar-refractivity contribution in [2.75, 3.05) is 16.0 Å². The summed E-state index contributed by atoms with van der Waals surface area (Å²) in [6.07, 6.45) is 1.58. The zero-order valence-electron chi connectivity index (χ0n) is 16.0. The standard InChI is InChI=1S/C21H18ClN5O3/c1-12(28)24-15-5-7-16(8-6-15)25-19(29)10-18-21(30)26-20-17(11-23-27(18)20)13-3-2-4-14(22)9-13/h2-9,11,18H,10H2,1H3,(H,24,28)(H,25,29)(H,26,30). The normalized spacial score (nSPS) is 14.7. The average Bonchev–Trinajstić information content (AvgIpc) is 3.22. The minimum Gasteiger partial charge on any atom is -0.326 e. The molecule has 0 bridgehead atoms. The first kappa shape index (κ1) is 19.7. The smallest absolute Gasteiger partial charge is 0.251 e. The van der Waals surface area contributed by atoms with Crippen molar-refractivity contribution in [2.45, 2.75) is 19.4 Å². The van der Waals surface area contributed by atoms with E-state index in [-0.39, 0.29) is 24.1 Å². The van der Waals surface area contributed by atoms with E-state index in [1.54, 1.807) is 42.6 Å². The first-order valence-electron chi connectivity index (χ1n) is 9.22. The largest absolute Gasteiger partial charge is 0.326 e. The fraction of sp³-hybridized carbons (Fsp3) is 0.143. The van der Waals surface area contributed by atoms with Gasteiger partial charge in [0.1, 0.15) is 11.9 Å². The Morgan fingerprint density at radius 3 is 2.50 bits per heavy atom. The van der Waals surface area contributed by atoms with Crippen LogP contribution in [0.4, 0.5) is 17.2 Å². The predicted molar refractivity (Wildman–Crippen MR) is 114 cm³/mol. The van der Waals surface area contributed by atoms with Gasteiger partial charge in [-0.05, 0) is 42.0 Å². The minimum absolute atomic E-state index is 0.0665. The second-order valence-corrected chi connectivity index (χ2v) is 7.31. The molecule has 3 N–H and O–H groups in total. The van der Waals surface area contributed by atoms with Crippen molar-refractivity contribution in [2.24, 2.45) is 0 Å². The van der Waals surface area contributed by atoms with Crippen molar-refractivity contribution in [3.8, 4) is 11.1 Å². The zero-order chi connectivity index (χ0) is 21.3. The Bertz CT molecular complexity index is 1140. The second kappa shape index (κ2) is 8.00. The van der Waals surface area contributed by atoms with Gasteiger partial charge in [0.05, 0.1) is 12.6 Å². The molecule has 8 nitrogen and oxygen atoms in total. The maximum absolute atomic E-state index is 12.5. The summed E-state index contributed by atoms with van der Waals surface area (Å²) in [6.45, 7) is 1.42. The maximum atomic E-state index is 12.5. The molecule has 2 heterocycles. The van der Waals surface area contributed by atoms with E-state index in [4.69, 9.17) is 11.6 Å². The number of carbonyl (C=O) groups is 3. The quantitative estimate of drug-likeness (QED) is 0.582.